The molecule has 1 aromatic carbocycles. The lowest BCUT2D eigenvalue weighted by molar-refractivity contribution is 0.461. The van der Waals surface area contributed by atoms with E-state index in [1.165, 1.54) is 6.33 Å². The fraction of sp³-hybridized carbons (Fsp3) is 0.176. The molecule has 0 fully saturated rings. The fourth-order valence-electron chi connectivity index (χ4n) is 1.93. The molecule has 0 radical (unpaired) electrons. The van der Waals surface area contributed by atoms with Crippen LogP contribution in [0.4, 0.5) is 5.82 Å². The van der Waals surface area contributed by atoms with Crippen molar-refractivity contribution >= 4 is 17.4 Å². The molecule has 0 spiro atoms. The molecule has 5 heteroatoms. The molecule has 1 heterocycles. The third kappa shape index (κ3) is 4.09. The monoisotopic (exact) mass is 315 g/mol. The van der Waals surface area contributed by atoms with E-state index in [0.717, 1.165) is 11.4 Å². The summed E-state index contributed by atoms with van der Waals surface area (Å²) in [4.78, 5) is 10.4. The van der Waals surface area contributed by atoms with Gasteiger partial charge in [-0.25, -0.2) is 9.97 Å². The summed E-state index contributed by atoms with van der Waals surface area (Å²) in [6, 6.07) is 7.37. The van der Waals surface area contributed by atoms with Crippen molar-refractivity contribution in [1.29, 1.82) is 0 Å². The van der Waals surface area contributed by atoms with Crippen LogP contribution in [0, 0.1) is 6.92 Å². The molecular weight excluding hydrogens is 298 g/mol. The molecule has 0 N–H and O–H groups in total. The van der Waals surface area contributed by atoms with Crippen molar-refractivity contribution in [2.45, 2.75) is 6.92 Å². The van der Waals surface area contributed by atoms with Crippen molar-refractivity contribution in [1.82, 2.24) is 9.97 Å². The van der Waals surface area contributed by atoms with E-state index in [-0.39, 0.29) is 0 Å². The van der Waals surface area contributed by atoms with Crippen LogP contribution in [-0.2, 0) is 0 Å². The Labute approximate surface area is 135 Å². The van der Waals surface area contributed by atoms with Crippen LogP contribution < -0.4 is 9.64 Å². The maximum absolute atomic E-state index is 6.14. The van der Waals surface area contributed by atoms with Crippen LogP contribution in [0.3, 0.4) is 0 Å². The molecular formula is C17H18ClN3O. The molecule has 0 saturated carbocycles. The number of halogens is 1. The van der Waals surface area contributed by atoms with Gasteiger partial charge in [0.2, 0.25) is 5.88 Å². The number of aromatic nitrogens is 2. The third-order valence-electron chi connectivity index (χ3n) is 2.95. The van der Waals surface area contributed by atoms with E-state index in [4.69, 9.17) is 16.3 Å². The van der Waals surface area contributed by atoms with Gasteiger partial charge in [-0.05, 0) is 24.6 Å². The second-order valence-corrected chi connectivity index (χ2v) is 5.14. The Kier molecular flexibility index (Phi) is 5.55. The molecule has 0 aliphatic carbocycles. The number of hydrogen-bond donors (Lipinski definition) is 0. The molecule has 0 aliphatic rings. The maximum Gasteiger partial charge on any atom is 0.224 e. The highest BCUT2D eigenvalue weighted by Crippen LogP contribution is 2.30. The summed E-state index contributed by atoms with van der Waals surface area (Å²) in [6.45, 7) is 10.8. The third-order valence-corrected chi connectivity index (χ3v) is 3.26. The highest BCUT2D eigenvalue weighted by atomic mass is 35.5. The summed E-state index contributed by atoms with van der Waals surface area (Å²) in [5.74, 6) is 1.76. The molecule has 1 aromatic heterocycles. The normalized spacial score (nSPS) is 10.1. The molecule has 114 valence electrons. The Balaban J connectivity index is 2.25. The van der Waals surface area contributed by atoms with Gasteiger partial charge < -0.3 is 9.64 Å². The Morgan fingerprint density at radius 3 is 2.59 bits per heavy atom. The summed E-state index contributed by atoms with van der Waals surface area (Å²) in [5.41, 5.74) is 1.06. The van der Waals surface area contributed by atoms with Crippen LogP contribution in [0.25, 0.3) is 0 Å². The van der Waals surface area contributed by atoms with Gasteiger partial charge in [-0.2, -0.15) is 0 Å². The Hall–Kier alpha value is -2.33. The number of anilines is 1. The zero-order valence-electron chi connectivity index (χ0n) is 12.5. The molecule has 22 heavy (non-hydrogen) atoms. The molecule has 4 nitrogen and oxygen atoms in total. The lowest BCUT2D eigenvalue weighted by atomic mass is 10.2. The van der Waals surface area contributed by atoms with E-state index >= 15 is 0 Å². The lowest BCUT2D eigenvalue weighted by Gasteiger charge is -2.20. The van der Waals surface area contributed by atoms with Gasteiger partial charge >= 0.3 is 0 Å². The first kappa shape index (κ1) is 16.0. The maximum atomic E-state index is 6.14. The average molecular weight is 316 g/mol. The van der Waals surface area contributed by atoms with Crippen LogP contribution in [0.15, 0.2) is 55.9 Å². The number of ether oxygens (including phenoxy) is 1. The topological polar surface area (TPSA) is 38.2 Å². The van der Waals surface area contributed by atoms with Crippen molar-refractivity contribution < 1.29 is 4.74 Å². The molecule has 0 bridgehead atoms. The zero-order chi connectivity index (χ0) is 15.9. The van der Waals surface area contributed by atoms with E-state index in [2.05, 4.69) is 23.1 Å². The van der Waals surface area contributed by atoms with E-state index in [1.807, 2.05) is 36.1 Å². The van der Waals surface area contributed by atoms with Gasteiger partial charge in [0.25, 0.3) is 0 Å². The number of rotatable bonds is 7. The van der Waals surface area contributed by atoms with Gasteiger partial charge in [0.1, 0.15) is 17.9 Å². The average Bonchev–Trinajstić information content (AvgIpc) is 2.51. The van der Waals surface area contributed by atoms with E-state index in [9.17, 15) is 0 Å². The van der Waals surface area contributed by atoms with E-state index < -0.39 is 0 Å². The summed E-state index contributed by atoms with van der Waals surface area (Å²) in [5, 5.41) is 0.541. The van der Waals surface area contributed by atoms with Crippen molar-refractivity contribution in [3.8, 4) is 11.6 Å². The fourth-order valence-corrected chi connectivity index (χ4v) is 2.09. The molecule has 0 aliphatic heterocycles. The first-order valence-corrected chi connectivity index (χ1v) is 7.24. The van der Waals surface area contributed by atoms with Crippen LogP contribution >= 0.6 is 11.6 Å². The summed E-state index contributed by atoms with van der Waals surface area (Å²) in [6.07, 6.45) is 5.08. The standard InChI is InChI=1S/C17H18ClN3O/c1-4-8-21(9-5-2)16-11-17(20-12-19-16)22-15-10-13(3)6-7-14(15)18/h4-7,10-12H,1-2,8-9H2,3H3. The minimum atomic E-state index is 0.440. The molecule has 0 atom stereocenters. The largest absolute Gasteiger partial charge is 0.437 e. The van der Waals surface area contributed by atoms with Gasteiger partial charge in [-0.15, -0.1) is 13.2 Å². The van der Waals surface area contributed by atoms with Gasteiger partial charge in [0.05, 0.1) is 5.02 Å². The minimum absolute atomic E-state index is 0.440. The van der Waals surface area contributed by atoms with Crippen LogP contribution in [0.2, 0.25) is 5.02 Å². The zero-order valence-corrected chi connectivity index (χ0v) is 13.3. The Bertz CT molecular complexity index is 663. The van der Waals surface area contributed by atoms with Crippen molar-refractivity contribution in [3.05, 3.63) is 66.5 Å². The smallest absolute Gasteiger partial charge is 0.224 e. The number of benzene rings is 1. The number of aryl methyl sites for hydroxylation is 1. The van der Waals surface area contributed by atoms with Crippen LogP contribution in [0.1, 0.15) is 5.56 Å². The molecule has 0 amide bonds. The molecule has 0 unspecified atom stereocenters. The predicted octanol–water partition coefficient (Wildman–Crippen LogP) is 4.41. The quantitative estimate of drug-likeness (QED) is 0.709. The number of nitrogens with zero attached hydrogens (tertiary/aromatic N) is 3. The van der Waals surface area contributed by atoms with Crippen molar-refractivity contribution in [2.75, 3.05) is 18.0 Å². The second kappa shape index (κ2) is 7.61. The van der Waals surface area contributed by atoms with E-state index in [0.29, 0.717) is 29.7 Å². The van der Waals surface area contributed by atoms with E-state index in [1.54, 1.807) is 12.1 Å². The van der Waals surface area contributed by atoms with Gasteiger partial charge in [0.15, 0.2) is 0 Å². The predicted molar refractivity (Wildman–Crippen MR) is 90.9 cm³/mol. The number of hydrogen-bond acceptors (Lipinski definition) is 4. The lowest BCUT2D eigenvalue weighted by Crippen LogP contribution is -2.24. The summed E-state index contributed by atoms with van der Waals surface area (Å²) >= 11 is 6.14. The van der Waals surface area contributed by atoms with Crippen molar-refractivity contribution in [2.24, 2.45) is 0 Å². The Morgan fingerprint density at radius 2 is 1.91 bits per heavy atom. The summed E-state index contributed by atoms with van der Waals surface area (Å²) in [7, 11) is 0. The first-order valence-electron chi connectivity index (χ1n) is 6.87. The van der Waals surface area contributed by atoms with Gasteiger partial charge in [-0.3, -0.25) is 0 Å². The van der Waals surface area contributed by atoms with Crippen LogP contribution in [-0.4, -0.2) is 23.1 Å². The van der Waals surface area contributed by atoms with Crippen LogP contribution in [0.5, 0.6) is 11.6 Å². The minimum Gasteiger partial charge on any atom is -0.437 e. The van der Waals surface area contributed by atoms with Gasteiger partial charge in [-0.1, -0.05) is 29.8 Å². The van der Waals surface area contributed by atoms with Crippen molar-refractivity contribution in [3.63, 3.8) is 0 Å². The highest BCUT2D eigenvalue weighted by Gasteiger charge is 2.09. The highest BCUT2D eigenvalue weighted by molar-refractivity contribution is 6.32. The van der Waals surface area contributed by atoms with Gasteiger partial charge in [0, 0.05) is 19.2 Å². The Morgan fingerprint density at radius 1 is 1.18 bits per heavy atom. The molecule has 2 rings (SSSR count). The second-order valence-electron chi connectivity index (χ2n) is 4.73. The molecule has 2 aromatic rings. The molecule has 0 saturated heterocycles. The SMILES string of the molecule is C=CCN(CC=C)c1cc(Oc2cc(C)ccc2Cl)ncn1. The first-order chi connectivity index (χ1) is 10.6. The summed E-state index contributed by atoms with van der Waals surface area (Å²) < 4.78 is 5.78.